The second-order valence-electron chi connectivity index (χ2n) is 17.4. The summed E-state index contributed by atoms with van der Waals surface area (Å²) in [6.07, 6.45) is 13.1. The Bertz CT molecular complexity index is 1220. The van der Waals surface area contributed by atoms with Crippen LogP contribution in [0.1, 0.15) is 132 Å². The second kappa shape index (κ2) is 9.41. The van der Waals surface area contributed by atoms with Crippen molar-refractivity contribution in [1.82, 2.24) is 5.06 Å². The first-order chi connectivity index (χ1) is 19.4. The Morgan fingerprint density at radius 2 is 1.57 bits per heavy atom. The Kier molecular flexibility index (Phi) is 6.80. The molecule has 6 aliphatic rings. The number of fused-ring (bicyclic) bond motifs is 7. The third-order valence-electron chi connectivity index (χ3n) is 15.0. The van der Waals surface area contributed by atoms with E-state index < -0.39 is 5.41 Å². The van der Waals surface area contributed by atoms with Gasteiger partial charge in [-0.2, -0.15) is 0 Å². The lowest BCUT2D eigenvalue weighted by atomic mass is 9.33. The van der Waals surface area contributed by atoms with Crippen LogP contribution < -0.4 is 0 Å². The quantitative estimate of drug-likeness (QED) is 0.210. The summed E-state index contributed by atoms with van der Waals surface area (Å²) in [4.78, 5) is 40.3. The maximum atomic E-state index is 14.6. The van der Waals surface area contributed by atoms with Gasteiger partial charge in [0.25, 0.3) is 5.91 Å². The fourth-order valence-electron chi connectivity index (χ4n) is 11.8. The average molecular weight is 582 g/mol. The van der Waals surface area contributed by atoms with E-state index in [0.29, 0.717) is 12.3 Å². The van der Waals surface area contributed by atoms with Crippen LogP contribution in [0.3, 0.4) is 0 Å². The van der Waals surface area contributed by atoms with Crippen molar-refractivity contribution in [3.63, 3.8) is 0 Å². The third kappa shape index (κ3) is 3.94. The van der Waals surface area contributed by atoms with Crippen LogP contribution in [-0.2, 0) is 19.1 Å². The molecule has 5 saturated carbocycles. The fourth-order valence-corrected chi connectivity index (χ4v) is 11.8. The lowest BCUT2D eigenvalue weighted by Crippen LogP contribution is -2.67. The Morgan fingerprint density at radius 1 is 0.905 bits per heavy atom. The van der Waals surface area contributed by atoms with E-state index in [-0.39, 0.29) is 68.7 Å². The molecule has 0 aliphatic heterocycles. The van der Waals surface area contributed by atoms with Crippen molar-refractivity contribution in [3.8, 4) is 0 Å². The Labute approximate surface area is 253 Å². The molecule has 0 saturated heterocycles. The SMILES string of the molecule is CC(=O)O[C@H]1CC[C@@]2(C)C(CC[C@]3(C)[C@@H]2C(=O)C=C2[C@@H]4C[C@@](C)(C(=O)N(O)C5CCC5)CC[C@]4(C)CC[C@]23C)C1(C)C. The summed E-state index contributed by atoms with van der Waals surface area (Å²) in [7, 11) is 0. The van der Waals surface area contributed by atoms with Crippen LogP contribution in [0.2, 0.25) is 0 Å². The largest absolute Gasteiger partial charge is 0.462 e. The molecule has 0 aromatic rings. The molecule has 0 heterocycles. The standard InChI is InChI=1S/C36H55NO5/c1-22(38)42-28-13-14-34(6)27(31(28,2)3)12-15-36(8)29(34)26(39)20-24-25-21-33(5,30(40)37(41)23-10-9-11-23)17-16-32(25,4)18-19-35(24,36)7/h20,23,25,27-29,41H,9-19,21H2,1-8H3/t25-,27?,28-,29+,32+,33-,34-,35+,36+/m0/s1. The van der Waals surface area contributed by atoms with Crippen LogP contribution in [0, 0.1) is 50.2 Å². The molecule has 0 spiro atoms. The van der Waals surface area contributed by atoms with E-state index in [1.807, 2.05) is 0 Å². The molecular formula is C36H55NO5. The predicted octanol–water partition coefficient (Wildman–Crippen LogP) is 7.67. The number of carbonyl (C=O) groups excluding carboxylic acids is 3. The van der Waals surface area contributed by atoms with E-state index in [4.69, 9.17) is 4.74 Å². The number of ketones is 1. The highest BCUT2D eigenvalue weighted by atomic mass is 16.5. The van der Waals surface area contributed by atoms with E-state index in [0.717, 1.165) is 75.7 Å². The first-order valence-corrected chi connectivity index (χ1v) is 16.9. The normalized spacial score (nSPS) is 47.9. The molecule has 234 valence electrons. The molecule has 6 nitrogen and oxygen atoms in total. The number of allylic oxidation sites excluding steroid dienone is 2. The topological polar surface area (TPSA) is 83.9 Å². The molecule has 0 aromatic heterocycles. The molecule has 1 unspecified atom stereocenters. The Hall–Kier alpha value is -1.69. The van der Waals surface area contributed by atoms with Crippen LogP contribution in [0.4, 0.5) is 0 Å². The van der Waals surface area contributed by atoms with Crippen molar-refractivity contribution in [2.24, 2.45) is 50.2 Å². The van der Waals surface area contributed by atoms with Gasteiger partial charge in [-0.3, -0.25) is 19.6 Å². The summed E-state index contributed by atoms with van der Waals surface area (Å²) in [5.41, 5.74) is 0.105. The zero-order valence-electron chi connectivity index (χ0n) is 27.5. The number of rotatable bonds is 3. The molecule has 42 heavy (non-hydrogen) atoms. The maximum absolute atomic E-state index is 14.6. The number of nitrogens with zero attached hydrogens (tertiary/aromatic N) is 1. The van der Waals surface area contributed by atoms with Gasteiger partial charge < -0.3 is 4.74 Å². The Balaban J connectivity index is 1.36. The maximum Gasteiger partial charge on any atom is 0.302 e. The highest BCUT2D eigenvalue weighted by Gasteiger charge is 2.70. The van der Waals surface area contributed by atoms with Crippen molar-refractivity contribution < 1.29 is 24.3 Å². The van der Waals surface area contributed by atoms with Gasteiger partial charge in [-0.1, -0.05) is 54.0 Å². The zero-order valence-corrected chi connectivity index (χ0v) is 27.5. The van der Waals surface area contributed by atoms with Crippen LogP contribution in [0.25, 0.3) is 0 Å². The van der Waals surface area contributed by atoms with E-state index in [9.17, 15) is 19.6 Å². The highest BCUT2D eigenvalue weighted by molar-refractivity contribution is 5.95. The number of ether oxygens (including phenoxy) is 1. The summed E-state index contributed by atoms with van der Waals surface area (Å²) in [5, 5.41) is 11.9. The van der Waals surface area contributed by atoms with E-state index in [2.05, 4.69) is 54.5 Å². The summed E-state index contributed by atoms with van der Waals surface area (Å²) < 4.78 is 5.86. The minimum absolute atomic E-state index is 0.0366. The highest BCUT2D eigenvalue weighted by Crippen LogP contribution is 2.75. The van der Waals surface area contributed by atoms with Crippen molar-refractivity contribution in [2.45, 2.75) is 145 Å². The van der Waals surface area contributed by atoms with Gasteiger partial charge in [0.05, 0.1) is 6.04 Å². The molecule has 0 aromatic carbocycles. The molecule has 6 rings (SSSR count). The molecule has 0 bridgehead atoms. The minimum Gasteiger partial charge on any atom is -0.462 e. The molecule has 6 heteroatoms. The minimum atomic E-state index is -0.614. The number of esters is 1. The first kappa shape index (κ1) is 30.3. The number of hydrogen-bond acceptors (Lipinski definition) is 5. The number of amides is 1. The number of hydrogen-bond donors (Lipinski definition) is 1. The predicted molar refractivity (Wildman–Crippen MR) is 161 cm³/mol. The summed E-state index contributed by atoms with van der Waals surface area (Å²) >= 11 is 0. The molecule has 1 N–H and O–H groups in total. The number of carbonyl (C=O) groups is 3. The zero-order chi connectivity index (χ0) is 30.7. The van der Waals surface area contributed by atoms with Crippen LogP contribution in [0.15, 0.2) is 11.6 Å². The van der Waals surface area contributed by atoms with E-state index in [1.54, 1.807) is 0 Å². The lowest BCUT2D eigenvalue weighted by molar-refractivity contribution is -0.212. The summed E-state index contributed by atoms with van der Waals surface area (Å²) in [5.74, 6) is 0.342. The lowest BCUT2D eigenvalue weighted by Gasteiger charge is -2.70. The van der Waals surface area contributed by atoms with E-state index >= 15 is 0 Å². The third-order valence-corrected chi connectivity index (χ3v) is 15.0. The fraction of sp³-hybridized carbons (Fsp3) is 0.861. The Morgan fingerprint density at radius 3 is 2.19 bits per heavy atom. The van der Waals surface area contributed by atoms with Crippen molar-refractivity contribution in [3.05, 3.63) is 11.6 Å². The van der Waals surface area contributed by atoms with Gasteiger partial charge in [0.15, 0.2) is 5.78 Å². The molecule has 6 aliphatic carbocycles. The smallest absolute Gasteiger partial charge is 0.302 e. The number of hydroxylamine groups is 2. The van der Waals surface area contributed by atoms with Gasteiger partial charge in [-0.15, -0.1) is 0 Å². The molecular weight excluding hydrogens is 526 g/mol. The molecule has 1 amide bonds. The first-order valence-electron chi connectivity index (χ1n) is 16.9. The van der Waals surface area contributed by atoms with Crippen LogP contribution >= 0.6 is 0 Å². The van der Waals surface area contributed by atoms with Gasteiger partial charge in [0.2, 0.25) is 0 Å². The van der Waals surface area contributed by atoms with Gasteiger partial charge in [0, 0.05) is 23.7 Å². The van der Waals surface area contributed by atoms with Crippen molar-refractivity contribution in [2.75, 3.05) is 0 Å². The summed E-state index contributed by atoms with van der Waals surface area (Å²) in [6, 6.07) is -0.0366. The second-order valence-corrected chi connectivity index (χ2v) is 17.4. The van der Waals surface area contributed by atoms with Crippen molar-refractivity contribution in [1.29, 1.82) is 0 Å². The molecule has 0 radical (unpaired) electrons. The monoisotopic (exact) mass is 581 g/mol. The molecule has 5 fully saturated rings. The van der Waals surface area contributed by atoms with Gasteiger partial charge in [-0.25, -0.2) is 5.06 Å². The van der Waals surface area contributed by atoms with Gasteiger partial charge in [0.1, 0.15) is 6.10 Å². The van der Waals surface area contributed by atoms with Gasteiger partial charge in [-0.05, 0) is 117 Å². The summed E-state index contributed by atoms with van der Waals surface area (Å²) in [6.45, 7) is 17.7. The van der Waals surface area contributed by atoms with Crippen LogP contribution in [0.5, 0.6) is 0 Å². The molecule has 9 atom stereocenters. The van der Waals surface area contributed by atoms with E-state index in [1.165, 1.54) is 12.5 Å². The van der Waals surface area contributed by atoms with Crippen LogP contribution in [-0.4, -0.2) is 40.1 Å². The van der Waals surface area contributed by atoms with Crippen molar-refractivity contribution >= 4 is 17.7 Å². The van der Waals surface area contributed by atoms with Gasteiger partial charge >= 0.3 is 5.97 Å². The average Bonchev–Trinajstić information content (AvgIpc) is 2.86.